The Balaban J connectivity index is -0.000000116. The van der Waals surface area contributed by atoms with Gasteiger partial charge in [0.1, 0.15) is 23.5 Å². The number of aliphatic carboxylic acids is 2. The number of carboxylic acid groups (broad SMARTS) is 2. The first-order chi connectivity index (χ1) is 8.07. The van der Waals surface area contributed by atoms with Crippen LogP contribution in [0, 0.1) is 0 Å². The van der Waals surface area contributed by atoms with Crippen molar-refractivity contribution in [3.05, 3.63) is 0 Å². The molecule has 0 bridgehead atoms. The van der Waals surface area contributed by atoms with Crippen molar-refractivity contribution < 1.29 is 44.5 Å². The smallest absolute Gasteiger partial charge is 0.542 e. The Morgan fingerprint density at radius 2 is 0.900 bits per heavy atom. The van der Waals surface area contributed by atoms with Gasteiger partial charge in [0.25, 0.3) is 0 Å². The van der Waals surface area contributed by atoms with E-state index in [0.717, 1.165) is 13.8 Å². The van der Waals surface area contributed by atoms with Gasteiger partial charge in [0.15, 0.2) is 11.6 Å². The van der Waals surface area contributed by atoms with Gasteiger partial charge in [-0.2, -0.15) is 0 Å². The average molecular weight is 364 g/mol. The van der Waals surface area contributed by atoms with Crippen LogP contribution in [0.4, 0.5) is 0 Å². The molecular formula is C10H12O9Sr. The van der Waals surface area contributed by atoms with Crippen molar-refractivity contribution in [2.75, 3.05) is 0 Å². The van der Waals surface area contributed by atoms with Gasteiger partial charge in [0.2, 0.25) is 0 Å². The second kappa shape index (κ2) is 14.5. The summed E-state index contributed by atoms with van der Waals surface area (Å²) in [6.45, 7) is 2.28. The molecule has 0 aliphatic carbocycles. The van der Waals surface area contributed by atoms with E-state index in [2.05, 4.69) is 0 Å². The zero-order chi connectivity index (χ0) is 14.9. The van der Waals surface area contributed by atoms with Crippen LogP contribution >= 0.6 is 0 Å². The van der Waals surface area contributed by atoms with Crippen molar-refractivity contribution in [3.8, 4) is 0 Å². The Hall–Kier alpha value is -0.939. The minimum atomic E-state index is -1.80. The van der Waals surface area contributed by atoms with Gasteiger partial charge in [-0.15, -0.1) is 0 Å². The minimum absolute atomic E-state index is 0. The fourth-order valence-corrected chi connectivity index (χ4v) is 0.597. The van der Waals surface area contributed by atoms with Crippen LogP contribution in [0.25, 0.3) is 0 Å². The third kappa shape index (κ3) is 19.4. The van der Waals surface area contributed by atoms with Crippen LogP contribution in [0.1, 0.15) is 26.7 Å². The second-order valence-electron chi connectivity index (χ2n) is 3.18. The summed E-state index contributed by atoms with van der Waals surface area (Å²) in [7, 11) is 0. The van der Waals surface area contributed by atoms with Crippen molar-refractivity contribution >= 4 is 80.6 Å². The number of hydrogen-bond acceptors (Lipinski definition) is 8. The van der Waals surface area contributed by atoms with Gasteiger partial charge in [-0.25, -0.2) is 0 Å². The van der Waals surface area contributed by atoms with Crippen LogP contribution in [-0.2, 0) is 28.8 Å². The van der Waals surface area contributed by atoms with E-state index in [9.17, 15) is 39.0 Å². The van der Waals surface area contributed by atoms with Gasteiger partial charge < -0.3 is 25.3 Å². The Kier molecular flexibility index (Phi) is 19.8. The molecule has 0 unspecified atom stereocenters. The number of carbonyl (C=O) groups is 6. The molecule has 0 aromatic rings. The van der Waals surface area contributed by atoms with E-state index >= 15 is 0 Å². The number of carbonyl (C=O) groups excluding carboxylic acids is 6. The van der Waals surface area contributed by atoms with Gasteiger partial charge in [0.05, 0.1) is 12.8 Å². The first kappa shape index (κ1) is 27.4. The van der Waals surface area contributed by atoms with Crippen molar-refractivity contribution in [2.24, 2.45) is 0 Å². The summed E-state index contributed by atoms with van der Waals surface area (Å²) in [6.07, 6.45) is -1.13. The van der Waals surface area contributed by atoms with Crippen LogP contribution in [0.3, 0.4) is 0 Å². The second-order valence-corrected chi connectivity index (χ2v) is 3.18. The summed E-state index contributed by atoms with van der Waals surface area (Å²) in [4.78, 5) is 59.5. The van der Waals surface area contributed by atoms with Crippen LogP contribution in [0.2, 0.25) is 0 Å². The molecule has 20 heavy (non-hydrogen) atoms. The number of carboxylic acids is 2. The first-order valence-electron chi connectivity index (χ1n) is 4.55. The van der Waals surface area contributed by atoms with E-state index < -0.39 is 47.9 Å². The minimum Gasteiger partial charge on any atom is -0.542 e. The maximum atomic E-state index is 10.1. The molecule has 0 heterocycles. The van der Waals surface area contributed by atoms with E-state index in [1.165, 1.54) is 0 Å². The number of rotatable bonds is 6. The molecule has 0 saturated carbocycles. The standard InChI is InChI=1S/2C5H6O4.H2O.Sr/c2*1-3(6)2-4(7)5(8)9;;/h2*2H2,1H3,(H,8,9);1H2;/q;;;+2/p-2. The number of ketones is 4. The Labute approximate surface area is 150 Å². The van der Waals surface area contributed by atoms with Crippen LogP contribution in [0.5, 0.6) is 0 Å². The predicted molar refractivity (Wildman–Crippen MR) is 60.0 cm³/mol. The molecule has 0 aromatic heterocycles. The fraction of sp³-hybridized carbons (Fsp3) is 0.400. The van der Waals surface area contributed by atoms with Gasteiger partial charge >= 0.3 is 45.5 Å². The molecule has 108 valence electrons. The molecule has 0 aromatic carbocycles. The monoisotopic (exact) mass is 364 g/mol. The van der Waals surface area contributed by atoms with E-state index in [4.69, 9.17) is 0 Å². The fourth-order valence-electron chi connectivity index (χ4n) is 0.597. The number of hydrogen-bond donors (Lipinski definition) is 0. The molecule has 2 N–H and O–H groups in total. The first-order valence-corrected chi connectivity index (χ1v) is 4.55. The Morgan fingerprint density at radius 3 is 0.950 bits per heavy atom. The molecular weight excluding hydrogens is 352 g/mol. The van der Waals surface area contributed by atoms with Crippen molar-refractivity contribution in [2.45, 2.75) is 26.7 Å². The van der Waals surface area contributed by atoms with E-state index in [-0.39, 0.29) is 51.0 Å². The summed E-state index contributed by atoms with van der Waals surface area (Å²) < 4.78 is 0. The summed E-state index contributed by atoms with van der Waals surface area (Å²) in [5, 5.41) is 19.2. The van der Waals surface area contributed by atoms with Crippen LogP contribution in [-0.4, -0.2) is 86.0 Å². The van der Waals surface area contributed by atoms with Gasteiger partial charge in [-0.05, 0) is 13.8 Å². The molecule has 0 spiro atoms. The quantitative estimate of drug-likeness (QED) is 0.256. The number of Topliss-reactive ketones (excluding diaryl/α,β-unsaturated/α-hetero) is 4. The normalized spacial score (nSPS) is 7.70. The summed E-state index contributed by atoms with van der Waals surface area (Å²) in [5.74, 6) is -6.87. The van der Waals surface area contributed by atoms with Gasteiger partial charge in [-0.1, -0.05) is 0 Å². The van der Waals surface area contributed by atoms with Crippen molar-refractivity contribution in [1.82, 2.24) is 0 Å². The Morgan fingerprint density at radius 1 is 0.700 bits per heavy atom. The molecule has 0 rings (SSSR count). The molecule has 0 atom stereocenters. The van der Waals surface area contributed by atoms with Crippen LogP contribution in [0.15, 0.2) is 0 Å². The summed E-state index contributed by atoms with van der Waals surface area (Å²) in [5.41, 5.74) is 0. The largest absolute Gasteiger partial charge is 2.00 e. The van der Waals surface area contributed by atoms with Crippen LogP contribution < -0.4 is 10.2 Å². The maximum absolute atomic E-state index is 10.1. The zero-order valence-electron chi connectivity index (χ0n) is 10.9. The van der Waals surface area contributed by atoms with E-state index in [1.54, 1.807) is 0 Å². The topological polar surface area (TPSA) is 180 Å². The van der Waals surface area contributed by atoms with E-state index in [0.29, 0.717) is 0 Å². The van der Waals surface area contributed by atoms with Gasteiger partial charge in [0, 0.05) is 0 Å². The molecule has 0 aliphatic heterocycles. The molecule has 0 fully saturated rings. The predicted octanol–water partition coefficient (Wildman–Crippen LogP) is -4.64. The SMILES string of the molecule is CC(=O)CC(=O)C(=O)[O-].CC(=O)CC(=O)C(=O)[O-].O.[Sr+2]. The molecule has 0 aliphatic rings. The maximum Gasteiger partial charge on any atom is 2.00 e. The third-order valence-electron chi connectivity index (χ3n) is 1.27. The van der Waals surface area contributed by atoms with Crippen molar-refractivity contribution in [3.63, 3.8) is 0 Å². The molecule has 9 nitrogen and oxygen atoms in total. The average Bonchev–Trinajstić information content (AvgIpc) is 2.16. The summed E-state index contributed by atoms with van der Waals surface area (Å²) in [6, 6.07) is 0. The molecule has 10 heteroatoms. The zero-order valence-corrected chi connectivity index (χ0v) is 14.4. The van der Waals surface area contributed by atoms with Crippen molar-refractivity contribution in [1.29, 1.82) is 0 Å². The molecule has 0 amide bonds. The summed E-state index contributed by atoms with van der Waals surface area (Å²) >= 11 is 0. The van der Waals surface area contributed by atoms with E-state index in [1.807, 2.05) is 0 Å². The molecule has 0 radical (unpaired) electrons. The van der Waals surface area contributed by atoms with Gasteiger partial charge in [-0.3, -0.25) is 19.2 Å². The third-order valence-corrected chi connectivity index (χ3v) is 1.27. The Bertz CT molecular complexity index is 362. The molecule has 0 saturated heterocycles.